The molecule has 2 saturated heterocycles. The highest BCUT2D eigenvalue weighted by atomic mass is 35.7. The van der Waals surface area contributed by atoms with Gasteiger partial charge < -0.3 is 62.8 Å². The quantitative estimate of drug-likeness (QED) is 0.0277. The molecule has 91 heavy (non-hydrogen) atoms. The summed E-state index contributed by atoms with van der Waals surface area (Å²) < 4.78 is 91.8. The summed E-state index contributed by atoms with van der Waals surface area (Å²) in [6.07, 6.45) is 4.66. The molecule has 24 nitrogen and oxygen atoms in total. The molecule has 6 aromatic rings. The number of methoxy groups -OCH3 is 4. The molecule has 2 amide bonds. The van der Waals surface area contributed by atoms with Crippen LogP contribution < -0.4 is 18.9 Å². The third-order valence-electron chi connectivity index (χ3n) is 14.4. The van der Waals surface area contributed by atoms with Gasteiger partial charge in [-0.1, -0.05) is 36.4 Å². The van der Waals surface area contributed by atoms with Crippen molar-refractivity contribution in [2.24, 2.45) is 11.8 Å². The maximum atomic E-state index is 12.9. The fourth-order valence-electron chi connectivity index (χ4n) is 10.4. The van der Waals surface area contributed by atoms with Crippen LogP contribution in [0.3, 0.4) is 0 Å². The van der Waals surface area contributed by atoms with Gasteiger partial charge in [0.2, 0.25) is 9.05 Å². The number of nitrogens with one attached hydrogen (secondary N) is 2. The zero-order valence-corrected chi connectivity index (χ0v) is 55.8. The zero-order chi connectivity index (χ0) is 66.8. The van der Waals surface area contributed by atoms with E-state index in [4.69, 9.17) is 52.0 Å². The van der Waals surface area contributed by atoms with Crippen molar-refractivity contribution in [3.05, 3.63) is 120 Å². The highest BCUT2D eigenvalue weighted by Crippen LogP contribution is 2.42. The van der Waals surface area contributed by atoms with Crippen molar-refractivity contribution >= 4 is 54.0 Å². The van der Waals surface area contributed by atoms with Crippen LogP contribution in [0.1, 0.15) is 125 Å². The number of aromatic amines is 2. The number of ether oxygens (including phenoxy) is 8. The van der Waals surface area contributed by atoms with E-state index < -0.39 is 42.3 Å². The molecule has 2 unspecified atom stereocenters. The number of carbonyl (C=O) groups is 4. The monoisotopic (exact) mass is 1320 g/mol. The number of esters is 2. The number of aromatic nitrogens is 4. The van der Waals surface area contributed by atoms with E-state index in [0.717, 1.165) is 12.5 Å². The molecule has 0 bridgehead atoms. The first kappa shape index (κ1) is 72.2. The lowest BCUT2D eigenvalue weighted by molar-refractivity contribution is 0.0159. The van der Waals surface area contributed by atoms with Crippen LogP contribution in [0.15, 0.2) is 97.1 Å². The van der Waals surface area contributed by atoms with Crippen LogP contribution in [0.2, 0.25) is 0 Å². The van der Waals surface area contributed by atoms with Gasteiger partial charge >= 0.3 is 24.1 Å². The molecule has 2 aliphatic heterocycles. The summed E-state index contributed by atoms with van der Waals surface area (Å²) in [6.45, 7) is 12.9. The number of hydrogen-bond acceptors (Lipinski definition) is 20. The summed E-state index contributed by atoms with van der Waals surface area (Å²) in [6, 6.07) is 29.2. The number of likely N-dealkylation sites (tertiary alicyclic amines) is 2. The van der Waals surface area contributed by atoms with Crippen molar-refractivity contribution in [1.82, 2.24) is 29.7 Å². The molecule has 4 aromatic carbocycles. The Hall–Kier alpha value is -7.91. The number of hydrogen-bond donors (Lipinski definition) is 3. The van der Waals surface area contributed by atoms with Gasteiger partial charge in [0.15, 0.2) is 34.4 Å². The van der Waals surface area contributed by atoms with E-state index in [1.165, 1.54) is 21.3 Å². The second-order valence-corrected chi connectivity index (χ2v) is 28.3. The van der Waals surface area contributed by atoms with Crippen molar-refractivity contribution in [1.29, 1.82) is 0 Å². The third-order valence-corrected chi connectivity index (χ3v) is 15.0. The lowest BCUT2D eigenvalue weighted by atomic mass is 9.82. The van der Waals surface area contributed by atoms with Crippen LogP contribution in [0.4, 0.5) is 9.59 Å². The predicted octanol–water partition coefficient (Wildman–Crippen LogP) is 11.7. The van der Waals surface area contributed by atoms with Gasteiger partial charge in [0, 0.05) is 66.4 Å². The number of nitrogens with zero attached hydrogens (tertiary/aromatic N) is 4. The van der Waals surface area contributed by atoms with Gasteiger partial charge in [0.05, 0.1) is 47.6 Å². The summed E-state index contributed by atoms with van der Waals surface area (Å²) in [5.41, 5.74) is 1.20. The highest BCUT2D eigenvalue weighted by Gasteiger charge is 2.37. The molecule has 2 aliphatic rings. The topological polar surface area (TPSA) is 304 Å². The Kier molecular flexibility index (Phi) is 25.7. The van der Waals surface area contributed by atoms with Crippen LogP contribution in [0.5, 0.6) is 34.5 Å². The minimum atomic E-state index is -3.67. The molecule has 0 aliphatic carbocycles. The van der Waals surface area contributed by atoms with Crippen LogP contribution in [-0.2, 0) is 42.3 Å². The predicted molar refractivity (Wildman–Crippen MR) is 341 cm³/mol. The lowest BCUT2D eigenvalue weighted by Gasteiger charge is -2.36. The Bertz CT molecular complexity index is 3610. The molecule has 3 N–H and O–H groups in total. The number of aliphatic hydroxyl groups excluding tert-OH is 1. The van der Waals surface area contributed by atoms with Gasteiger partial charge in [-0.3, -0.25) is 4.18 Å². The largest absolute Gasteiger partial charge is 0.493 e. The van der Waals surface area contributed by atoms with Crippen LogP contribution in [0.25, 0.3) is 22.5 Å². The SMILES string of the molecule is COC(=O)c1[nH]c(C(CCO)C2CCN(C(=O)OC(C)(C)C)CC2)nc1-c1ccc(Oc2ccccc2)c(OC)c1.COC(=O)c1[nH]c(C(CCOS(C)(=O)=O)C2CCN(C(=O)OC(C)(C)C)CC2)nc1-c1ccc(Oc2ccccc2)c(OC)c1.CS(=O)(=O)Cl. The van der Waals surface area contributed by atoms with Crippen molar-refractivity contribution in [3.63, 3.8) is 0 Å². The summed E-state index contributed by atoms with van der Waals surface area (Å²) in [5, 5.41) is 9.92. The molecule has 8 rings (SSSR count). The second kappa shape index (κ2) is 32.4. The number of para-hydroxylation sites is 2. The van der Waals surface area contributed by atoms with Crippen molar-refractivity contribution in [2.75, 3.05) is 80.3 Å². The van der Waals surface area contributed by atoms with Gasteiger partial charge in [0.25, 0.3) is 10.1 Å². The smallest absolute Gasteiger partial charge is 0.410 e. The first-order valence-electron chi connectivity index (χ1n) is 29.4. The molecular formula is C64H83ClN6O18S2. The molecule has 2 fully saturated rings. The van der Waals surface area contributed by atoms with Crippen molar-refractivity contribution < 1.29 is 83.2 Å². The second-order valence-electron chi connectivity index (χ2n) is 23.6. The van der Waals surface area contributed by atoms with Crippen LogP contribution in [0, 0.1) is 11.8 Å². The van der Waals surface area contributed by atoms with E-state index in [1.54, 1.807) is 47.2 Å². The van der Waals surface area contributed by atoms with E-state index in [-0.39, 0.29) is 60.5 Å². The van der Waals surface area contributed by atoms with Crippen LogP contribution in [-0.4, -0.2) is 167 Å². The molecule has 27 heteroatoms. The Morgan fingerprint density at radius 3 is 1.26 bits per heavy atom. The minimum absolute atomic E-state index is 0.00697. The number of benzene rings is 4. The summed E-state index contributed by atoms with van der Waals surface area (Å²) in [5.74, 6) is 2.82. The van der Waals surface area contributed by atoms with E-state index in [2.05, 4.69) is 20.7 Å². The lowest BCUT2D eigenvalue weighted by Crippen LogP contribution is -2.42. The Labute approximate surface area is 536 Å². The van der Waals surface area contributed by atoms with Crippen LogP contribution >= 0.6 is 10.7 Å². The number of imidazole rings is 2. The Morgan fingerprint density at radius 2 is 0.945 bits per heavy atom. The fraction of sp³-hybridized carbons (Fsp3) is 0.469. The average Bonchev–Trinajstić information content (AvgIpc) is 1.69. The maximum absolute atomic E-state index is 12.9. The zero-order valence-electron chi connectivity index (χ0n) is 53.4. The fourth-order valence-corrected chi connectivity index (χ4v) is 10.8. The number of aliphatic hydroxyl groups is 1. The van der Waals surface area contributed by atoms with E-state index in [0.29, 0.717) is 133 Å². The van der Waals surface area contributed by atoms with Gasteiger partial charge in [-0.05, 0) is 153 Å². The van der Waals surface area contributed by atoms with E-state index >= 15 is 0 Å². The first-order chi connectivity index (χ1) is 42.9. The molecular weight excluding hydrogens is 1240 g/mol. The highest BCUT2D eigenvalue weighted by molar-refractivity contribution is 8.13. The maximum Gasteiger partial charge on any atom is 0.410 e. The Balaban J connectivity index is 0.000000270. The van der Waals surface area contributed by atoms with E-state index in [9.17, 15) is 41.1 Å². The van der Waals surface area contributed by atoms with Crippen molar-refractivity contribution in [2.45, 2.75) is 103 Å². The third kappa shape index (κ3) is 22.2. The van der Waals surface area contributed by atoms with Gasteiger partial charge in [-0.25, -0.2) is 37.6 Å². The molecule has 0 spiro atoms. The normalized spacial score (nSPS) is 14.7. The number of piperidine rings is 2. The molecule has 0 radical (unpaired) electrons. The average molecular weight is 1320 g/mol. The van der Waals surface area contributed by atoms with Crippen molar-refractivity contribution in [3.8, 4) is 57.0 Å². The number of amides is 2. The first-order valence-corrected chi connectivity index (χ1v) is 33.9. The molecule has 4 heterocycles. The molecule has 2 aromatic heterocycles. The number of carbonyl (C=O) groups excluding carboxylic acids is 4. The number of rotatable bonds is 20. The standard InChI is InChI=1S/C32H41N3O9S.C31H39N3O7.CH3ClO2S/c1-32(2,3)44-31(37)35-17-14-21(15-18-35)24(16-19-42-45(6,38)39)29-33-27(28(34-29)30(36)41-5)22-12-13-25(26(20-22)40-4)43-23-10-8-7-9-11-23;1-31(2,3)41-30(37)34-16-13-20(14-17-34)23(15-18-35)28-32-26(27(33-28)29(36)39-5)21-11-12-24(25(19-21)38-4)40-22-9-7-6-8-10-22;1-5(2,3)4/h7-13,20-21,24H,14-19H2,1-6H3,(H,33,34);6-12,19-20,23,35H,13-18H2,1-5H3,(H,32,33);1H3. The van der Waals surface area contributed by atoms with Gasteiger partial charge in [-0.15, -0.1) is 0 Å². The molecule has 496 valence electrons. The van der Waals surface area contributed by atoms with Gasteiger partial charge in [-0.2, -0.15) is 8.42 Å². The summed E-state index contributed by atoms with van der Waals surface area (Å²) >= 11 is 0. The summed E-state index contributed by atoms with van der Waals surface area (Å²) in [7, 11) is 3.32. The molecule has 0 saturated carbocycles. The van der Waals surface area contributed by atoms with E-state index in [1.807, 2.05) is 108 Å². The number of halogens is 1. The summed E-state index contributed by atoms with van der Waals surface area (Å²) in [4.78, 5) is 70.5. The molecule has 2 atom stereocenters. The number of H-pyrrole nitrogens is 2. The van der Waals surface area contributed by atoms with Gasteiger partial charge in [0.1, 0.15) is 45.7 Å². The Morgan fingerprint density at radius 1 is 0.582 bits per heavy atom. The minimum Gasteiger partial charge on any atom is -0.493 e.